The molecule has 1 rings (SSSR count). The minimum absolute atomic E-state index is 0.288. The van der Waals surface area contributed by atoms with E-state index in [2.05, 4.69) is 25.7 Å². The molecule has 1 N–H and O–H groups in total. The Kier molecular flexibility index (Phi) is 2.55. The molecule has 66 valence electrons. The van der Waals surface area contributed by atoms with Crippen LogP contribution in [0.2, 0.25) is 0 Å². The van der Waals surface area contributed by atoms with E-state index in [-0.39, 0.29) is 6.61 Å². The number of nitrogens with zero attached hydrogens (tertiary/aromatic N) is 1. The van der Waals surface area contributed by atoms with Crippen molar-refractivity contribution in [1.29, 1.82) is 0 Å². The molecule has 1 aliphatic rings. The second-order valence-electron chi connectivity index (χ2n) is 4.42. The summed E-state index contributed by atoms with van der Waals surface area (Å²) in [6, 6.07) is 0.344. The van der Waals surface area contributed by atoms with Gasteiger partial charge in [-0.15, -0.1) is 0 Å². The Bertz CT molecular complexity index is 134. The van der Waals surface area contributed by atoms with Crippen LogP contribution in [0.5, 0.6) is 0 Å². The second-order valence-corrected chi connectivity index (χ2v) is 4.42. The van der Waals surface area contributed by atoms with Crippen molar-refractivity contribution in [2.75, 3.05) is 19.7 Å². The average Bonchev–Trinajstić information content (AvgIpc) is 2.29. The zero-order chi connectivity index (χ0) is 8.48. The van der Waals surface area contributed by atoms with Crippen LogP contribution in [0.1, 0.15) is 27.2 Å². The quantitative estimate of drug-likeness (QED) is 0.649. The predicted molar refractivity (Wildman–Crippen MR) is 46.5 cm³/mol. The van der Waals surface area contributed by atoms with Gasteiger partial charge in [0.1, 0.15) is 0 Å². The first-order chi connectivity index (χ1) is 5.05. The van der Waals surface area contributed by atoms with E-state index in [1.165, 1.54) is 6.42 Å². The summed E-state index contributed by atoms with van der Waals surface area (Å²) in [6.45, 7) is 9.23. The highest BCUT2D eigenvalue weighted by Gasteiger charge is 2.31. The Morgan fingerprint density at radius 2 is 2.18 bits per heavy atom. The van der Waals surface area contributed by atoms with Crippen LogP contribution in [-0.4, -0.2) is 35.7 Å². The molecule has 1 aliphatic heterocycles. The SMILES string of the molecule is C[C@@H](CO)N1CCC(C)(C)C1. The average molecular weight is 157 g/mol. The summed E-state index contributed by atoms with van der Waals surface area (Å²) >= 11 is 0. The van der Waals surface area contributed by atoms with E-state index in [0.717, 1.165) is 13.1 Å². The fourth-order valence-electron chi connectivity index (χ4n) is 1.65. The number of hydrogen-bond donors (Lipinski definition) is 1. The van der Waals surface area contributed by atoms with Crippen molar-refractivity contribution in [3.63, 3.8) is 0 Å². The highest BCUT2D eigenvalue weighted by molar-refractivity contribution is 4.84. The van der Waals surface area contributed by atoms with Gasteiger partial charge in [0.25, 0.3) is 0 Å². The van der Waals surface area contributed by atoms with Gasteiger partial charge in [0.15, 0.2) is 0 Å². The first-order valence-electron chi connectivity index (χ1n) is 4.40. The molecule has 0 unspecified atom stereocenters. The molecule has 0 aliphatic carbocycles. The van der Waals surface area contributed by atoms with E-state index < -0.39 is 0 Å². The van der Waals surface area contributed by atoms with Crippen molar-refractivity contribution >= 4 is 0 Å². The normalized spacial score (nSPS) is 27.3. The van der Waals surface area contributed by atoms with Crippen LogP contribution in [0.3, 0.4) is 0 Å². The third kappa shape index (κ3) is 2.17. The topological polar surface area (TPSA) is 23.5 Å². The van der Waals surface area contributed by atoms with Crippen molar-refractivity contribution in [3.05, 3.63) is 0 Å². The maximum absolute atomic E-state index is 8.92. The highest BCUT2D eigenvalue weighted by Crippen LogP contribution is 2.29. The molecule has 1 fully saturated rings. The Morgan fingerprint density at radius 1 is 1.55 bits per heavy atom. The fraction of sp³-hybridized carbons (Fsp3) is 1.00. The summed E-state index contributed by atoms with van der Waals surface area (Å²) in [5.74, 6) is 0. The van der Waals surface area contributed by atoms with Gasteiger partial charge >= 0.3 is 0 Å². The van der Waals surface area contributed by atoms with Crippen molar-refractivity contribution in [1.82, 2.24) is 4.90 Å². The molecule has 1 atom stereocenters. The number of rotatable bonds is 2. The van der Waals surface area contributed by atoms with E-state index in [1.54, 1.807) is 0 Å². The minimum atomic E-state index is 0.288. The van der Waals surface area contributed by atoms with Crippen LogP contribution in [0.15, 0.2) is 0 Å². The van der Waals surface area contributed by atoms with E-state index >= 15 is 0 Å². The Hall–Kier alpha value is -0.0800. The summed E-state index contributed by atoms with van der Waals surface area (Å²) in [6.07, 6.45) is 1.26. The lowest BCUT2D eigenvalue weighted by atomic mass is 9.93. The van der Waals surface area contributed by atoms with Crippen molar-refractivity contribution in [3.8, 4) is 0 Å². The third-order valence-electron chi connectivity index (χ3n) is 2.59. The third-order valence-corrected chi connectivity index (χ3v) is 2.59. The number of likely N-dealkylation sites (tertiary alicyclic amines) is 1. The van der Waals surface area contributed by atoms with E-state index in [9.17, 15) is 0 Å². The van der Waals surface area contributed by atoms with Gasteiger partial charge in [-0.25, -0.2) is 0 Å². The molecule has 0 aromatic rings. The molecule has 0 aromatic heterocycles. The van der Waals surface area contributed by atoms with Crippen LogP contribution < -0.4 is 0 Å². The van der Waals surface area contributed by atoms with Gasteiger partial charge in [0, 0.05) is 12.6 Å². The van der Waals surface area contributed by atoms with Gasteiger partial charge < -0.3 is 5.11 Å². The van der Waals surface area contributed by atoms with Crippen LogP contribution >= 0.6 is 0 Å². The van der Waals surface area contributed by atoms with Gasteiger partial charge in [0.05, 0.1) is 6.61 Å². The van der Waals surface area contributed by atoms with E-state index in [4.69, 9.17) is 5.11 Å². The summed E-state index contributed by atoms with van der Waals surface area (Å²) in [4.78, 5) is 2.36. The zero-order valence-electron chi connectivity index (χ0n) is 7.80. The van der Waals surface area contributed by atoms with Crippen LogP contribution in [0, 0.1) is 5.41 Å². The number of aliphatic hydroxyl groups is 1. The summed E-state index contributed by atoms with van der Waals surface area (Å²) in [5.41, 5.74) is 0.462. The molecular formula is C9H19NO. The van der Waals surface area contributed by atoms with Crippen LogP contribution in [0.25, 0.3) is 0 Å². The monoisotopic (exact) mass is 157 g/mol. The van der Waals surface area contributed by atoms with Crippen molar-refractivity contribution in [2.45, 2.75) is 33.2 Å². The molecule has 0 bridgehead atoms. The summed E-state index contributed by atoms with van der Waals surface area (Å²) in [7, 11) is 0. The zero-order valence-corrected chi connectivity index (χ0v) is 7.80. The minimum Gasteiger partial charge on any atom is -0.395 e. The molecule has 2 heteroatoms. The van der Waals surface area contributed by atoms with E-state index in [0.29, 0.717) is 11.5 Å². The maximum Gasteiger partial charge on any atom is 0.0584 e. The maximum atomic E-state index is 8.92. The molecule has 11 heavy (non-hydrogen) atoms. The first-order valence-corrected chi connectivity index (χ1v) is 4.40. The van der Waals surface area contributed by atoms with E-state index in [1.807, 2.05) is 0 Å². The lowest BCUT2D eigenvalue weighted by Crippen LogP contribution is -2.34. The molecular weight excluding hydrogens is 138 g/mol. The summed E-state index contributed by atoms with van der Waals surface area (Å²) in [5, 5.41) is 8.92. The van der Waals surface area contributed by atoms with Gasteiger partial charge in [-0.1, -0.05) is 13.8 Å². The van der Waals surface area contributed by atoms with Crippen LogP contribution in [-0.2, 0) is 0 Å². The van der Waals surface area contributed by atoms with Gasteiger partial charge in [-0.05, 0) is 25.3 Å². The smallest absolute Gasteiger partial charge is 0.0584 e. The Labute approximate surface area is 69.2 Å². The first kappa shape index (κ1) is 9.01. The standard InChI is InChI=1S/C9H19NO/c1-8(6-11)10-5-4-9(2,3)7-10/h8,11H,4-7H2,1-3H3/t8-/m0/s1. The van der Waals surface area contributed by atoms with Crippen molar-refractivity contribution < 1.29 is 5.11 Å². The lowest BCUT2D eigenvalue weighted by molar-refractivity contribution is 0.148. The van der Waals surface area contributed by atoms with Gasteiger partial charge in [0.2, 0.25) is 0 Å². The predicted octanol–water partition coefficient (Wildman–Crippen LogP) is 1.10. The fourth-order valence-corrected chi connectivity index (χ4v) is 1.65. The number of hydrogen-bond acceptors (Lipinski definition) is 2. The largest absolute Gasteiger partial charge is 0.395 e. The molecule has 0 spiro atoms. The number of aliphatic hydroxyl groups excluding tert-OH is 1. The molecule has 1 saturated heterocycles. The van der Waals surface area contributed by atoms with Crippen LogP contribution in [0.4, 0.5) is 0 Å². The Balaban J connectivity index is 2.41. The highest BCUT2D eigenvalue weighted by atomic mass is 16.3. The molecule has 0 amide bonds. The molecule has 0 aromatic carbocycles. The molecule has 1 heterocycles. The summed E-state index contributed by atoms with van der Waals surface area (Å²) < 4.78 is 0. The molecule has 2 nitrogen and oxygen atoms in total. The molecule has 0 saturated carbocycles. The lowest BCUT2D eigenvalue weighted by Gasteiger charge is -2.24. The second kappa shape index (κ2) is 3.11. The van der Waals surface area contributed by atoms with Crippen molar-refractivity contribution in [2.24, 2.45) is 5.41 Å². The van der Waals surface area contributed by atoms with Gasteiger partial charge in [-0.2, -0.15) is 0 Å². The Morgan fingerprint density at radius 3 is 2.55 bits per heavy atom. The van der Waals surface area contributed by atoms with Gasteiger partial charge in [-0.3, -0.25) is 4.90 Å². The molecule has 0 radical (unpaired) electrons.